The van der Waals surface area contributed by atoms with E-state index in [9.17, 15) is 4.39 Å². The molecule has 0 amide bonds. The van der Waals surface area contributed by atoms with Gasteiger partial charge in [0.2, 0.25) is 5.95 Å². The number of halogens is 1. The van der Waals surface area contributed by atoms with Crippen molar-refractivity contribution >= 4 is 5.82 Å². The number of hydrogen-bond donors (Lipinski definition) is 0. The quantitative estimate of drug-likeness (QED) is 0.679. The van der Waals surface area contributed by atoms with Crippen molar-refractivity contribution in [3.63, 3.8) is 0 Å². The van der Waals surface area contributed by atoms with Gasteiger partial charge in [0.05, 0.1) is 6.54 Å². The minimum absolute atomic E-state index is 0.439. The monoisotopic (exact) mass is 218 g/mol. The van der Waals surface area contributed by atoms with Crippen LogP contribution in [0.5, 0.6) is 0 Å². The van der Waals surface area contributed by atoms with Crippen LogP contribution in [-0.4, -0.2) is 21.1 Å². The Morgan fingerprint density at radius 3 is 3.06 bits per heavy atom. The summed E-state index contributed by atoms with van der Waals surface area (Å²) < 4.78 is 15.1. The molecule has 0 N–H and O–H groups in total. The van der Waals surface area contributed by atoms with Crippen LogP contribution >= 0.6 is 0 Å². The summed E-state index contributed by atoms with van der Waals surface area (Å²) in [6.45, 7) is 2.39. The molecule has 3 heterocycles. The van der Waals surface area contributed by atoms with E-state index in [0.717, 1.165) is 18.9 Å². The molecule has 1 aliphatic heterocycles. The Labute approximate surface area is 92.4 Å². The molecule has 0 radical (unpaired) electrons. The first kappa shape index (κ1) is 9.33. The van der Waals surface area contributed by atoms with E-state index in [4.69, 9.17) is 0 Å². The summed E-state index contributed by atoms with van der Waals surface area (Å²) in [5.74, 6) is 1.23. The van der Waals surface area contributed by atoms with E-state index in [2.05, 4.69) is 14.5 Å². The van der Waals surface area contributed by atoms with Crippen molar-refractivity contribution in [3.05, 3.63) is 42.4 Å². The lowest BCUT2D eigenvalue weighted by atomic mass is 10.3. The van der Waals surface area contributed by atoms with Crippen molar-refractivity contribution in [1.29, 1.82) is 0 Å². The van der Waals surface area contributed by atoms with Crippen LogP contribution in [0, 0.1) is 5.95 Å². The third-order valence-electron chi connectivity index (χ3n) is 2.77. The van der Waals surface area contributed by atoms with Gasteiger partial charge in [0.1, 0.15) is 11.6 Å². The standard InChI is InChI=1S/C11H11FN4/c12-9-2-1-3-10(14-9)16-7-6-15-5-4-13-11(15)8-16/h1-5H,6-8H2. The van der Waals surface area contributed by atoms with E-state index in [-0.39, 0.29) is 0 Å². The average Bonchev–Trinajstić information content (AvgIpc) is 2.75. The predicted octanol–water partition coefficient (Wildman–Crippen LogP) is 1.44. The zero-order valence-corrected chi connectivity index (χ0v) is 8.67. The van der Waals surface area contributed by atoms with Crippen molar-refractivity contribution in [2.45, 2.75) is 13.1 Å². The molecule has 82 valence electrons. The normalized spacial score (nSPS) is 14.9. The fourth-order valence-corrected chi connectivity index (χ4v) is 1.94. The molecule has 4 nitrogen and oxygen atoms in total. The van der Waals surface area contributed by atoms with E-state index in [1.165, 1.54) is 6.07 Å². The second kappa shape index (κ2) is 3.59. The molecular formula is C11H11FN4. The average molecular weight is 218 g/mol. The number of hydrogen-bond acceptors (Lipinski definition) is 3. The molecular weight excluding hydrogens is 207 g/mol. The molecule has 5 heteroatoms. The molecule has 0 unspecified atom stereocenters. The highest BCUT2D eigenvalue weighted by Gasteiger charge is 2.17. The van der Waals surface area contributed by atoms with Gasteiger partial charge in [-0.1, -0.05) is 6.07 Å². The molecule has 2 aromatic heterocycles. The smallest absolute Gasteiger partial charge is 0.214 e. The highest BCUT2D eigenvalue weighted by molar-refractivity contribution is 5.38. The van der Waals surface area contributed by atoms with Crippen LogP contribution in [0.2, 0.25) is 0 Å². The summed E-state index contributed by atoms with van der Waals surface area (Å²) in [6.07, 6.45) is 3.75. The van der Waals surface area contributed by atoms with Gasteiger partial charge in [-0.2, -0.15) is 4.39 Å². The number of imidazole rings is 1. The SMILES string of the molecule is Fc1cccc(N2CCn3ccnc3C2)n1. The molecule has 0 spiro atoms. The summed E-state index contributed by atoms with van der Waals surface area (Å²) >= 11 is 0. The lowest BCUT2D eigenvalue weighted by Gasteiger charge is -2.28. The van der Waals surface area contributed by atoms with Crippen LogP contribution in [0.4, 0.5) is 10.2 Å². The van der Waals surface area contributed by atoms with Crippen LogP contribution in [0.3, 0.4) is 0 Å². The van der Waals surface area contributed by atoms with E-state index < -0.39 is 5.95 Å². The number of fused-ring (bicyclic) bond motifs is 1. The molecule has 0 saturated heterocycles. The fourth-order valence-electron chi connectivity index (χ4n) is 1.94. The summed E-state index contributed by atoms with van der Waals surface area (Å²) in [4.78, 5) is 10.2. The van der Waals surface area contributed by atoms with Gasteiger partial charge in [0.25, 0.3) is 0 Å². The number of aromatic nitrogens is 3. The van der Waals surface area contributed by atoms with Gasteiger partial charge in [-0.25, -0.2) is 9.97 Å². The van der Waals surface area contributed by atoms with Crippen LogP contribution in [0.1, 0.15) is 5.82 Å². The molecule has 0 bridgehead atoms. The fraction of sp³-hybridized carbons (Fsp3) is 0.273. The van der Waals surface area contributed by atoms with Crippen molar-refractivity contribution in [2.75, 3.05) is 11.4 Å². The predicted molar refractivity (Wildman–Crippen MR) is 57.5 cm³/mol. The summed E-state index contributed by atoms with van der Waals surface area (Å²) in [5.41, 5.74) is 0. The van der Waals surface area contributed by atoms with Crippen LogP contribution in [0.25, 0.3) is 0 Å². The maximum atomic E-state index is 13.0. The largest absolute Gasteiger partial charge is 0.347 e. The summed E-state index contributed by atoms with van der Waals surface area (Å²) in [7, 11) is 0. The Bertz CT molecular complexity index is 508. The third-order valence-corrected chi connectivity index (χ3v) is 2.77. The van der Waals surface area contributed by atoms with Crippen LogP contribution < -0.4 is 4.90 Å². The van der Waals surface area contributed by atoms with Crippen molar-refractivity contribution in [3.8, 4) is 0 Å². The number of pyridine rings is 1. The summed E-state index contributed by atoms with van der Waals surface area (Å²) in [6, 6.07) is 4.86. The van der Waals surface area contributed by atoms with Crippen LogP contribution in [-0.2, 0) is 13.1 Å². The zero-order valence-electron chi connectivity index (χ0n) is 8.67. The van der Waals surface area contributed by atoms with E-state index in [0.29, 0.717) is 12.4 Å². The van der Waals surface area contributed by atoms with Gasteiger partial charge in [-0.05, 0) is 12.1 Å². The van der Waals surface area contributed by atoms with Gasteiger partial charge in [-0.3, -0.25) is 0 Å². The second-order valence-electron chi connectivity index (χ2n) is 3.78. The molecule has 2 aromatic rings. The Morgan fingerprint density at radius 2 is 2.19 bits per heavy atom. The summed E-state index contributed by atoms with van der Waals surface area (Å²) in [5, 5.41) is 0. The maximum absolute atomic E-state index is 13.0. The van der Waals surface area contributed by atoms with Crippen molar-refractivity contribution in [2.24, 2.45) is 0 Å². The van der Waals surface area contributed by atoms with Gasteiger partial charge < -0.3 is 9.47 Å². The molecule has 0 fully saturated rings. The minimum atomic E-state index is -0.439. The maximum Gasteiger partial charge on any atom is 0.214 e. The number of rotatable bonds is 1. The minimum Gasteiger partial charge on any atom is -0.347 e. The lowest BCUT2D eigenvalue weighted by Crippen LogP contribution is -2.34. The number of nitrogens with zero attached hydrogens (tertiary/aromatic N) is 4. The highest BCUT2D eigenvalue weighted by atomic mass is 19.1. The first-order chi connectivity index (χ1) is 7.83. The van der Waals surface area contributed by atoms with Crippen LogP contribution in [0.15, 0.2) is 30.6 Å². The molecule has 0 aromatic carbocycles. The van der Waals surface area contributed by atoms with Crippen molar-refractivity contribution < 1.29 is 4.39 Å². The molecule has 3 rings (SSSR count). The van der Waals surface area contributed by atoms with E-state index in [1.54, 1.807) is 12.3 Å². The van der Waals surface area contributed by atoms with Gasteiger partial charge in [-0.15, -0.1) is 0 Å². The van der Waals surface area contributed by atoms with Crippen molar-refractivity contribution in [1.82, 2.24) is 14.5 Å². The highest BCUT2D eigenvalue weighted by Crippen LogP contribution is 2.17. The Balaban J connectivity index is 1.88. The molecule has 1 aliphatic rings. The number of anilines is 1. The molecule has 0 atom stereocenters. The van der Waals surface area contributed by atoms with Gasteiger partial charge in [0.15, 0.2) is 0 Å². The first-order valence-electron chi connectivity index (χ1n) is 5.20. The molecule has 0 aliphatic carbocycles. The Morgan fingerprint density at radius 1 is 1.25 bits per heavy atom. The lowest BCUT2D eigenvalue weighted by molar-refractivity contribution is 0.542. The second-order valence-corrected chi connectivity index (χ2v) is 3.78. The van der Waals surface area contributed by atoms with Gasteiger partial charge in [0, 0.05) is 25.5 Å². The van der Waals surface area contributed by atoms with E-state index in [1.807, 2.05) is 17.2 Å². The van der Waals surface area contributed by atoms with Gasteiger partial charge >= 0.3 is 0 Å². The van der Waals surface area contributed by atoms with E-state index >= 15 is 0 Å². The molecule has 16 heavy (non-hydrogen) atoms. The Hall–Kier alpha value is -1.91. The first-order valence-corrected chi connectivity index (χ1v) is 5.20. The Kier molecular flexibility index (Phi) is 2.09. The molecule has 0 saturated carbocycles. The zero-order chi connectivity index (χ0) is 11.0. The topological polar surface area (TPSA) is 34.0 Å². The third kappa shape index (κ3) is 1.54.